The quantitative estimate of drug-likeness (QED) is 0.365. The number of fused-ring (bicyclic) bond motifs is 1. The molecule has 0 aliphatic carbocycles. The molecule has 0 spiro atoms. The van der Waals surface area contributed by atoms with Gasteiger partial charge in [-0.15, -0.1) is 0 Å². The minimum absolute atomic E-state index is 0.000165. The van der Waals surface area contributed by atoms with Crippen LogP contribution in [0.2, 0.25) is 0 Å². The van der Waals surface area contributed by atoms with Gasteiger partial charge < -0.3 is 18.9 Å². The molecule has 0 radical (unpaired) electrons. The van der Waals surface area contributed by atoms with Crippen LogP contribution in [0.1, 0.15) is 11.4 Å². The SMILES string of the molecule is COCc1nn2c(C(F)(F)F)cc(-c3cccc(OC)c3OC)nc2c1-c1ccc(OC)cc1. The van der Waals surface area contributed by atoms with Crippen molar-refractivity contribution in [3.05, 3.63) is 59.9 Å². The second kappa shape index (κ2) is 9.22. The maximum absolute atomic E-state index is 14.2. The summed E-state index contributed by atoms with van der Waals surface area (Å²) in [5, 5.41) is 4.22. The van der Waals surface area contributed by atoms with Gasteiger partial charge in [-0.2, -0.15) is 18.3 Å². The molecule has 34 heavy (non-hydrogen) atoms. The van der Waals surface area contributed by atoms with E-state index in [0.29, 0.717) is 33.9 Å². The highest BCUT2D eigenvalue weighted by atomic mass is 19.4. The molecule has 0 N–H and O–H groups in total. The molecule has 4 aromatic rings. The Bertz CT molecular complexity index is 1320. The van der Waals surface area contributed by atoms with E-state index < -0.39 is 11.9 Å². The highest BCUT2D eigenvalue weighted by Crippen LogP contribution is 2.41. The van der Waals surface area contributed by atoms with Crippen LogP contribution in [-0.2, 0) is 17.5 Å². The van der Waals surface area contributed by atoms with Crippen LogP contribution in [0, 0.1) is 0 Å². The fourth-order valence-corrected chi connectivity index (χ4v) is 3.78. The Balaban J connectivity index is 2.08. The Labute approximate surface area is 193 Å². The van der Waals surface area contributed by atoms with E-state index in [1.807, 2.05) is 0 Å². The monoisotopic (exact) mass is 473 g/mol. The predicted octanol–water partition coefficient (Wildman–Crippen LogP) is 5.25. The van der Waals surface area contributed by atoms with Gasteiger partial charge in [0.1, 0.15) is 5.75 Å². The van der Waals surface area contributed by atoms with E-state index >= 15 is 0 Å². The molecule has 0 saturated heterocycles. The molecule has 0 atom stereocenters. The third kappa shape index (κ3) is 4.12. The number of nitrogens with zero attached hydrogens (tertiary/aromatic N) is 3. The van der Waals surface area contributed by atoms with Crippen LogP contribution < -0.4 is 14.2 Å². The number of alkyl halides is 3. The van der Waals surface area contributed by atoms with Crippen LogP contribution in [-0.4, -0.2) is 43.0 Å². The van der Waals surface area contributed by atoms with Crippen molar-refractivity contribution in [3.63, 3.8) is 0 Å². The molecule has 7 nitrogen and oxygen atoms in total. The van der Waals surface area contributed by atoms with Gasteiger partial charge in [-0.1, -0.05) is 18.2 Å². The van der Waals surface area contributed by atoms with Gasteiger partial charge in [0.2, 0.25) is 0 Å². The van der Waals surface area contributed by atoms with Gasteiger partial charge >= 0.3 is 6.18 Å². The molecule has 0 saturated carbocycles. The number of methoxy groups -OCH3 is 4. The minimum Gasteiger partial charge on any atom is -0.497 e. The average Bonchev–Trinajstić information content (AvgIpc) is 3.20. The average molecular weight is 473 g/mol. The van der Waals surface area contributed by atoms with Crippen LogP contribution in [0.15, 0.2) is 48.5 Å². The number of hydrogen-bond donors (Lipinski definition) is 0. The van der Waals surface area contributed by atoms with Crippen molar-refractivity contribution in [1.82, 2.24) is 14.6 Å². The number of benzene rings is 2. The lowest BCUT2D eigenvalue weighted by molar-refractivity contribution is -0.142. The van der Waals surface area contributed by atoms with Crippen LogP contribution >= 0.6 is 0 Å². The zero-order valence-electron chi connectivity index (χ0n) is 18.9. The van der Waals surface area contributed by atoms with E-state index in [2.05, 4.69) is 10.1 Å². The van der Waals surface area contributed by atoms with Gasteiger partial charge in [0.05, 0.1) is 44.9 Å². The summed E-state index contributed by atoms with van der Waals surface area (Å²) in [5.74, 6) is 1.26. The van der Waals surface area contributed by atoms with E-state index in [9.17, 15) is 13.2 Å². The molecule has 0 aliphatic heterocycles. The molecule has 2 heterocycles. The number of aromatic nitrogens is 3. The standard InChI is InChI=1S/C24H22F3N3O4/c1-31-13-18-21(14-8-10-15(32-2)11-9-14)23-28-17(12-20(24(25,26)27)30(23)29-18)16-6-5-7-19(33-3)22(16)34-4/h5-12H,13H2,1-4H3. The van der Waals surface area contributed by atoms with Crippen LogP contribution in [0.4, 0.5) is 13.2 Å². The van der Waals surface area contributed by atoms with E-state index in [-0.39, 0.29) is 23.7 Å². The van der Waals surface area contributed by atoms with E-state index in [0.717, 1.165) is 10.6 Å². The molecule has 178 valence electrons. The highest BCUT2D eigenvalue weighted by Gasteiger charge is 2.36. The summed E-state index contributed by atoms with van der Waals surface area (Å²) in [6, 6.07) is 12.8. The van der Waals surface area contributed by atoms with Gasteiger partial charge in [0, 0.05) is 12.7 Å². The minimum atomic E-state index is -4.70. The fraction of sp³-hybridized carbons (Fsp3) is 0.250. The highest BCUT2D eigenvalue weighted by molar-refractivity contribution is 5.83. The van der Waals surface area contributed by atoms with Crippen molar-refractivity contribution >= 4 is 5.65 Å². The molecular weight excluding hydrogens is 451 g/mol. The lowest BCUT2D eigenvalue weighted by atomic mass is 10.0. The Kier molecular flexibility index (Phi) is 6.34. The number of hydrogen-bond acceptors (Lipinski definition) is 6. The Morgan fingerprint density at radius 1 is 0.912 bits per heavy atom. The summed E-state index contributed by atoms with van der Waals surface area (Å²) in [6.07, 6.45) is -4.70. The van der Waals surface area contributed by atoms with E-state index in [1.54, 1.807) is 42.5 Å². The number of rotatable bonds is 7. The van der Waals surface area contributed by atoms with Gasteiger partial charge in [-0.3, -0.25) is 0 Å². The largest absolute Gasteiger partial charge is 0.497 e. The summed E-state index contributed by atoms with van der Waals surface area (Å²) >= 11 is 0. The van der Waals surface area contributed by atoms with Crippen LogP contribution in [0.5, 0.6) is 17.2 Å². The topological polar surface area (TPSA) is 67.1 Å². The number of para-hydroxylation sites is 1. The first-order chi connectivity index (χ1) is 16.3. The third-order valence-electron chi connectivity index (χ3n) is 5.29. The smallest absolute Gasteiger partial charge is 0.433 e. The summed E-state index contributed by atoms with van der Waals surface area (Å²) in [4.78, 5) is 4.60. The second-order valence-electron chi connectivity index (χ2n) is 7.28. The zero-order chi connectivity index (χ0) is 24.5. The maximum atomic E-state index is 14.2. The molecule has 0 fully saturated rings. The number of halogens is 3. The van der Waals surface area contributed by atoms with Crippen molar-refractivity contribution in [2.24, 2.45) is 0 Å². The van der Waals surface area contributed by atoms with Crippen molar-refractivity contribution < 1.29 is 32.1 Å². The lowest BCUT2D eigenvalue weighted by Gasteiger charge is -2.15. The second-order valence-corrected chi connectivity index (χ2v) is 7.28. The third-order valence-corrected chi connectivity index (χ3v) is 5.29. The summed E-state index contributed by atoms with van der Waals surface area (Å²) < 4.78 is 64.5. The summed E-state index contributed by atoms with van der Waals surface area (Å²) in [6.45, 7) is -0.000165. The molecule has 0 unspecified atom stereocenters. The molecule has 4 rings (SSSR count). The van der Waals surface area contributed by atoms with Crippen LogP contribution in [0.3, 0.4) is 0 Å². The Morgan fingerprint density at radius 2 is 1.65 bits per heavy atom. The summed E-state index contributed by atoms with van der Waals surface area (Å²) in [5.41, 5.74) is 0.845. The zero-order valence-corrected chi connectivity index (χ0v) is 18.9. The molecule has 0 aliphatic rings. The Morgan fingerprint density at radius 3 is 2.24 bits per heavy atom. The normalized spacial score (nSPS) is 11.6. The van der Waals surface area contributed by atoms with Crippen molar-refractivity contribution in [3.8, 4) is 39.6 Å². The molecule has 2 aromatic heterocycles. The summed E-state index contributed by atoms with van der Waals surface area (Å²) in [7, 11) is 5.86. The van der Waals surface area contributed by atoms with E-state index in [1.165, 1.54) is 28.4 Å². The first-order valence-electron chi connectivity index (χ1n) is 10.2. The molecule has 0 amide bonds. The van der Waals surface area contributed by atoms with Crippen molar-refractivity contribution in [1.29, 1.82) is 0 Å². The lowest BCUT2D eigenvalue weighted by Crippen LogP contribution is -2.14. The first-order valence-corrected chi connectivity index (χ1v) is 10.2. The van der Waals surface area contributed by atoms with E-state index in [4.69, 9.17) is 18.9 Å². The van der Waals surface area contributed by atoms with Gasteiger partial charge in [-0.05, 0) is 35.9 Å². The molecule has 2 aromatic carbocycles. The molecule has 10 heteroatoms. The number of ether oxygens (including phenoxy) is 4. The van der Waals surface area contributed by atoms with Crippen molar-refractivity contribution in [2.75, 3.05) is 28.4 Å². The van der Waals surface area contributed by atoms with Crippen molar-refractivity contribution in [2.45, 2.75) is 12.8 Å². The van der Waals surface area contributed by atoms with Gasteiger partial charge in [0.15, 0.2) is 22.8 Å². The predicted molar refractivity (Wildman–Crippen MR) is 119 cm³/mol. The van der Waals surface area contributed by atoms with Crippen LogP contribution in [0.25, 0.3) is 28.0 Å². The van der Waals surface area contributed by atoms with Gasteiger partial charge in [-0.25, -0.2) is 9.50 Å². The maximum Gasteiger partial charge on any atom is 0.433 e. The molecule has 0 bridgehead atoms. The Hall–Kier alpha value is -3.79. The fourth-order valence-electron chi connectivity index (χ4n) is 3.78. The van der Waals surface area contributed by atoms with Gasteiger partial charge in [0.25, 0.3) is 0 Å². The molecular formula is C24H22F3N3O4. The first kappa shape index (κ1) is 23.4.